The first-order valence-corrected chi connectivity index (χ1v) is 6.75. The highest BCUT2D eigenvalue weighted by atomic mass is 16.2. The van der Waals surface area contributed by atoms with Crippen LogP contribution in [0.1, 0.15) is 11.3 Å². The fourth-order valence-corrected chi connectivity index (χ4v) is 2.15. The minimum Gasteiger partial charge on any atom is -0.334 e. The number of fused-ring (bicyclic) bond motifs is 1. The van der Waals surface area contributed by atoms with Gasteiger partial charge in [0.15, 0.2) is 0 Å². The molecule has 0 aliphatic carbocycles. The maximum absolute atomic E-state index is 11.9. The number of hydrogen-bond acceptors (Lipinski definition) is 2. The van der Waals surface area contributed by atoms with Crippen molar-refractivity contribution in [2.75, 3.05) is 5.32 Å². The summed E-state index contributed by atoms with van der Waals surface area (Å²) in [7, 11) is 0. The quantitative estimate of drug-likeness (QED) is 0.775. The van der Waals surface area contributed by atoms with Gasteiger partial charge in [0.1, 0.15) is 5.65 Å². The van der Waals surface area contributed by atoms with E-state index in [1.807, 2.05) is 66.2 Å². The van der Waals surface area contributed by atoms with Crippen LogP contribution in [0.25, 0.3) is 5.65 Å². The number of carbonyl (C=O) groups is 1. The second-order valence-corrected chi connectivity index (χ2v) is 4.86. The Hall–Kier alpha value is -2.82. The van der Waals surface area contributed by atoms with Crippen molar-refractivity contribution in [1.82, 2.24) is 14.7 Å². The molecule has 5 nitrogen and oxygen atoms in total. The van der Waals surface area contributed by atoms with Crippen LogP contribution in [0.5, 0.6) is 0 Å². The van der Waals surface area contributed by atoms with Crippen LogP contribution in [0.15, 0.2) is 54.9 Å². The fraction of sp³-hybridized carbons (Fsp3) is 0.125. The Kier molecular flexibility index (Phi) is 3.55. The number of nitrogens with zero attached hydrogens (tertiary/aromatic N) is 2. The second-order valence-electron chi connectivity index (χ2n) is 4.86. The Labute approximate surface area is 122 Å². The first-order valence-electron chi connectivity index (χ1n) is 6.75. The normalized spacial score (nSPS) is 10.5. The third-order valence-corrected chi connectivity index (χ3v) is 3.13. The minimum atomic E-state index is -0.227. The molecule has 3 aromatic rings. The third kappa shape index (κ3) is 3.20. The average Bonchev–Trinajstić information content (AvgIpc) is 2.85. The van der Waals surface area contributed by atoms with Crippen molar-refractivity contribution in [3.63, 3.8) is 0 Å². The molecular formula is C16H16N4O. The Morgan fingerprint density at radius 2 is 1.95 bits per heavy atom. The number of pyridine rings is 1. The molecule has 2 amide bonds. The fourth-order valence-electron chi connectivity index (χ4n) is 2.15. The van der Waals surface area contributed by atoms with E-state index in [2.05, 4.69) is 15.6 Å². The molecule has 2 aromatic heterocycles. The number of anilines is 1. The van der Waals surface area contributed by atoms with Gasteiger partial charge in [0.25, 0.3) is 0 Å². The number of carbonyl (C=O) groups excluding carboxylic acids is 1. The molecule has 0 aliphatic heterocycles. The number of benzene rings is 1. The predicted octanol–water partition coefficient (Wildman–Crippen LogP) is 2.96. The molecule has 0 atom stereocenters. The van der Waals surface area contributed by atoms with E-state index >= 15 is 0 Å². The number of aryl methyl sites for hydroxylation is 1. The molecule has 0 unspecified atom stereocenters. The van der Waals surface area contributed by atoms with E-state index < -0.39 is 0 Å². The van der Waals surface area contributed by atoms with Crippen molar-refractivity contribution in [2.24, 2.45) is 0 Å². The summed E-state index contributed by atoms with van der Waals surface area (Å²) in [4.78, 5) is 16.2. The van der Waals surface area contributed by atoms with Gasteiger partial charge in [0.2, 0.25) is 0 Å². The molecule has 106 valence electrons. The number of amides is 2. The van der Waals surface area contributed by atoms with E-state index in [-0.39, 0.29) is 6.03 Å². The van der Waals surface area contributed by atoms with E-state index in [1.165, 1.54) is 0 Å². The predicted molar refractivity (Wildman–Crippen MR) is 82.2 cm³/mol. The lowest BCUT2D eigenvalue weighted by atomic mass is 10.2. The Bertz CT molecular complexity index is 764. The number of aromatic nitrogens is 2. The van der Waals surface area contributed by atoms with Gasteiger partial charge in [0, 0.05) is 18.9 Å². The van der Waals surface area contributed by atoms with Crippen LogP contribution in [0, 0.1) is 6.92 Å². The molecule has 3 rings (SSSR count). The summed E-state index contributed by atoms with van der Waals surface area (Å²) in [6.07, 6.45) is 3.76. The number of hydrogen-bond donors (Lipinski definition) is 2. The average molecular weight is 280 g/mol. The van der Waals surface area contributed by atoms with Gasteiger partial charge in [-0.1, -0.05) is 30.3 Å². The zero-order chi connectivity index (χ0) is 14.7. The van der Waals surface area contributed by atoms with Gasteiger partial charge in [-0.15, -0.1) is 0 Å². The molecule has 0 bridgehead atoms. The van der Waals surface area contributed by atoms with E-state index in [4.69, 9.17) is 0 Å². The molecule has 0 saturated carbocycles. The lowest BCUT2D eigenvalue weighted by Gasteiger charge is -2.08. The van der Waals surface area contributed by atoms with Crippen LogP contribution in [-0.2, 0) is 6.54 Å². The lowest BCUT2D eigenvalue weighted by molar-refractivity contribution is 0.251. The van der Waals surface area contributed by atoms with Gasteiger partial charge in [-0.25, -0.2) is 9.78 Å². The maximum atomic E-state index is 11.9. The molecule has 0 radical (unpaired) electrons. The zero-order valence-electron chi connectivity index (χ0n) is 11.7. The van der Waals surface area contributed by atoms with Gasteiger partial charge in [-0.3, -0.25) is 0 Å². The van der Waals surface area contributed by atoms with Crippen molar-refractivity contribution in [2.45, 2.75) is 13.5 Å². The number of imidazole rings is 1. The Morgan fingerprint density at radius 1 is 1.14 bits per heavy atom. The number of rotatable bonds is 3. The van der Waals surface area contributed by atoms with Crippen LogP contribution in [0.4, 0.5) is 10.5 Å². The lowest BCUT2D eigenvalue weighted by Crippen LogP contribution is -2.28. The SMILES string of the molecule is Cc1cn2cc(NC(=O)NCc3ccccc3)ccc2n1. The molecule has 0 aliphatic rings. The Morgan fingerprint density at radius 3 is 2.76 bits per heavy atom. The second kappa shape index (κ2) is 5.66. The van der Waals surface area contributed by atoms with Crippen molar-refractivity contribution >= 4 is 17.4 Å². The molecule has 1 aromatic carbocycles. The van der Waals surface area contributed by atoms with E-state index in [0.29, 0.717) is 6.54 Å². The summed E-state index contributed by atoms with van der Waals surface area (Å²) in [6.45, 7) is 2.44. The summed E-state index contributed by atoms with van der Waals surface area (Å²) in [5.74, 6) is 0. The van der Waals surface area contributed by atoms with Crippen LogP contribution in [0.2, 0.25) is 0 Å². The standard InChI is InChI=1S/C16H16N4O/c1-12-10-20-11-14(7-8-15(20)18-12)19-16(21)17-9-13-5-3-2-4-6-13/h2-8,10-11H,9H2,1H3,(H2,17,19,21). The van der Waals surface area contributed by atoms with Crippen LogP contribution in [-0.4, -0.2) is 15.4 Å². The molecule has 2 N–H and O–H groups in total. The van der Waals surface area contributed by atoms with Crippen molar-refractivity contribution in [3.8, 4) is 0 Å². The summed E-state index contributed by atoms with van der Waals surface area (Å²) in [5, 5.41) is 5.64. The largest absolute Gasteiger partial charge is 0.334 e. The van der Waals surface area contributed by atoms with Gasteiger partial charge in [0.05, 0.1) is 11.4 Å². The molecule has 2 heterocycles. The molecule has 5 heteroatoms. The molecular weight excluding hydrogens is 264 g/mol. The zero-order valence-corrected chi connectivity index (χ0v) is 11.7. The maximum Gasteiger partial charge on any atom is 0.319 e. The van der Waals surface area contributed by atoms with Crippen molar-refractivity contribution < 1.29 is 4.79 Å². The van der Waals surface area contributed by atoms with Crippen LogP contribution >= 0.6 is 0 Å². The molecule has 0 spiro atoms. The first kappa shape index (κ1) is 13.2. The molecule has 0 fully saturated rings. The highest BCUT2D eigenvalue weighted by Crippen LogP contribution is 2.11. The van der Waals surface area contributed by atoms with Crippen LogP contribution in [0.3, 0.4) is 0 Å². The highest BCUT2D eigenvalue weighted by molar-refractivity contribution is 5.89. The first-order chi connectivity index (χ1) is 10.2. The smallest absolute Gasteiger partial charge is 0.319 e. The summed E-state index contributed by atoms with van der Waals surface area (Å²) < 4.78 is 1.89. The van der Waals surface area contributed by atoms with Crippen molar-refractivity contribution in [3.05, 3.63) is 66.1 Å². The number of nitrogens with one attached hydrogen (secondary N) is 2. The monoisotopic (exact) mass is 280 g/mol. The van der Waals surface area contributed by atoms with Gasteiger partial charge in [-0.05, 0) is 24.6 Å². The molecule has 21 heavy (non-hydrogen) atoms. The molecule has 0 saturated heterocycles. The minimum absolute atomic E-state index is 0.227. The van der Waals surface area contributed by atoms with E-state index in [0.717, 1.165) is 22.6 Å². The van der Waals surface area contributed by atoms with Gasteiger partial charge >= 0.3 is 6.03 Å². The summed E-state index contributed by atoms with van der Waals surface area (Å²) in [6, 6.07) is 13.3. The summed E-state index contributed by atoms with van der Waals surface area (Å²) in [5.41, 5.74) is 3.60. The number of urea groups is 1. The van der Waals surface area contributed by atoms with Crippen LogP contribution < -0.4 is 10.6 Å². The van der Waals surface area contributed by atoms with Gasteiger partial charge in [-0.2, -0.15) is 0 Å². The highest BCUT2D eigenvalue weighted by Gasteiger charge is 2.03. The van der Waals surface area contributed by atoms with E-state index in [9.17, 15) is 4.79 Å². The van der Waals surface area contributed by atoms with Crippen molar-refractivity contribution in [1.29, 1.82) is 0 Å². The van der Waals surface area contributed by atoms with Gasteiger partial charge < -0.3 is 15.0 Å². The Balaban J connectivity index is 1.63. The van der Waals surface area contributed by atoms with E-state index in [1.54, 1.807) is 0 Å². The third-order valence-electron chi connectivity index (χ3n) is 3.13. The summed E-state index contributed by atoms with van der Waals surface area (Å²) >= 11 is 0. The topological polar surface area (TPSA) is 58.4 Å².